The van der Waals surface area contributed by atoms with Gasteiger partial charge in [0.05, 0.1) is 0 Å². The second kappa shape index (κ2) is 66.4. The fourth-order valence-electron chi connectivity index (χ4n) is 10.7. The highest BCUT2D eigenvalue weighted by atomic mass is 16.6. The molecule has 0 aromatic rings. The monoisotopic (exact) mass is 1080 g/mol. The van der Waals surface area contributed by atoms with E-state index in [1.165, 1.54) is 289 Å². The van der Waals surface area contributed by atoms with Gasteiger partial charge >= 0.3 is 17.9 Å². The van der Waals surface area contributed by atoms with Crippen molar-refractivity contribution in [2.45, 2.75) is 399 Å². The Hall–Kier alpha value is -2.11. The van der Waals surface area contributed by atoms with Crippen molar-refractivity contribution in [1.82, 2.24) is 0 Å². The van der Waals surface area contributed by atoms with E-state index in [1.807, 2.05) is 0 Å². The van der Waals surface area contributed by atoms with Crippen molar-refractivity contribution in [2.24, 2.45) is 0 Å². The molecule has 0 aliphatic heterocycles. The van der Waals surface area contributed by atoms with Crippen LogP contribution in [0.5, 0.6) is 0 Å². The number of hydrogen-bond acceptors (Lipinski definition) is 6. The Morgan fingerprint density at radius 1 is 0.247 bits per heavy atom. The summed E-state index contributed by atoms with van der Waals surface area (Å²) < 4.78 is 17.0. The lowest BCUT2D eigenvalue weighted by Gasteiger charge is -2.18. The second-order valence-corrected chi connectivity index (χ2v) is 23.8. The van der Waals surface area contributed by atoms with E-state index in [2.05, 4.69) is 45.1 Å². The van der Waals surface area contributed by atoms with Crippen LogP contribution >= 0.6 is 0 Å². The zero-order chi connectivity index (χ0) is 55.7. The lowest BCUT2D eigenvalue weighted by molar-refractivity contribution is -0.167. The van der Waals surface area contributed by atoms with Crippen LogP contribution in [0.15, 0.2) is 24.3 Å². The van der Waals surface area contributed by atoms with Gasteiger partial charge in [0.15, 0.2) is 6.10 Å². The molecule has 0 radical (unpaired) electrons. The van der Waals surface area contributed by atoms with E-state index in [0.717, 1.165) is 64.2 Å². The van der Waals surface area contributed by atoms with Crippen LogP contribution in [0.25, 0.3) is 0 Å². The van der Waals surface area contributed by atoms with Crippen LogP contribution < -0.4 is 0 Å². The molecule has 0 N–H and O–H groups in total. The summed E-state index contributed by atoms with van der Waals surface area (Å²) in [5, 5.41) is 0. The van der Waals surface area contributed by atoms with Gasteiger partial charge in [-0.1, -0.05) is 328 Å². The van der Waals surface area contributed by atoms with Crippen molar-refractivity contribution in [3.05, 3.63) is 24.3 Å². The summed E-state index contributed by atoms with van der Waals surface area (Å²) in [4.78, 5) is 38.3. The first-order valence-electron chi connectivity index (χ1n) is 34.8. The summed E-state index contributed by atoms with van der Waals surface area (Å²) in [6.45, 7) is 6.68. The fourth-order valence-corrected chi connectivity index (χ4v) is 10.7. The molecule has 6 heteroatoms. The molecule has 0 amide bonds. The number of ether oxygens (including phenoxy) is 3. The number of hydrogen-bond donors (Lipinski definition) is 0. The van der Waals surface area contributed by atoms with Crippen LogP contribution in [0.1, 0.15) is 393 Å². The quantitative estimate of drug-likeness (QED) is 0.0261. The molecule has 0 saturated carbocycles. The van der Waals surface area contributed by atoms with Gasteiger partial charge in [-0.2, -0.15) is 0 Å². The van der Waals surface area contributed by atoms with Gasteiger partial charge in [-0.05, 0) is 70.6 Å². The molecule has 0 saturated heterocycles. The van der Waals surface area contributed by atoms with Gasteiger partial charge in [0.1, 0.15) is 13.2 Å². The predicted molar refractivity (Wildman–Crippen MR) is 335 cm³/mol. The van der Waals surface area contributed by atoms with E-state index >= 15 is 0 Å². The molecule has 0 aliphatic rings. The molecule has 454 valence electrons. The van der Waals surface area contributed by atoms with Crippen molar-refractivity contribution < 1.29 is 28.6 Å². The van der Waals surface area contributed by atoms with Crippen molar-refractivity contribution >= 4 is 17.9 Å². The summed E-state index contributed by atoms with van der Waals surface area (Å²) in [6.07, 6.45) is 80.7. The molecule has 0 aromatic heterocycles. The Kier molecular flexibility index (Phi) is 64.6. The molecule has 0 spiro atoms. The summed E-state index contributed by atoms with van der Waals surface area (Å²) in [6, 6.07) is 0. The van der Waals surface area contributed by atoms with E-state index < -0.39 is 6.10 Å². The van der Waals surface area contributed by atoms with E-state index in [1.54, 1.807) is 0 Å². The van der Waals surface area contributed by atoms with E-state index in [0.29, 0.717) is 19.3 Å². The average Bonchev–Trinajstić information content (AvgIpc) is 3.43. The van der Waals surface area contributed by atoms with Gasteiger partial charge in [-0.25, -0.2) is 0 Å². The molecule has 6 nitrogen and oxygen atoms in total. The Morgan fingerprint density at radius 2 is 0.429 bits per heavy atom. The van der Waals surface area contributed by atoms with E-state index in [9.17, 15) is 14.4 Å². The molecular weight excluding hydrogens is 949 g/mol. The van der Waals surface area contributed by atoms with Crippen LogP contribution in [-0.4, -0.2) is 37.2 Å². The first-order valence-corrected chi connectivity index (χ1v) is 34.8. The molecule has 0 aliphatic carbocycles. The van der Waals surface area contributed by atoms with E-state index in [4.69, 9.17) is 14.2 Å². The van der Waals surface area contributed by atoms with Gasteiger partial charge in [0.25, 0.3) is 0 Å². The third kappa shape index (κ3) is 64.6. The molecule has 0 rings (SSSR count). The lowest BCUT2D eigenvalue weighted by Crippen LogP contribution is -2.30. The number of allylic oxidation sites excluding steroid dienone is 4. The maximum Gasteiger partial charge on any atom is 0.306 e. The molecule has 77 heavy (non-hydrogen) atoms. The minimum atomic E-state index is -0.771. The van der Waals surface area contributed by atoms with Crippen molar-refractivity contribution in [2.75, 3.05) is 13.2 Å². The van der Waals surface area contributed by atoms with Gasteiger partial charge < -0.3 is 14.2 Å². The lowest BCUT2D eigenvalue weighted by atomic mass is 10.0. The normalized spacial score (nSPS) is 12.1. The summed E-state index contributed by atoms with van der Waals surface area (Å²) in [5.41, 5.74) is 0. The van der Waals surface area contributed by atoms with Crippen molar-refractivity contribution in [1.29, 1.82) is 0 Å². The van der Waals surface area contributed by atoms with Gasteiger partial charge in [0.2, 0.25) is 0 Å². The van der Waals surface area contributed by atoms with Crippen LogP contribution in [0.2, 0.25) is 0 Å². The van der Waals surface area contributed by atoms with Gasteiger partial charge in [0, 0.05) is 19.3 Å². The standard InChI is InChI=1S/C71H134O6/c1-4-7-10-13-16-19-22-25-27-29-31-32-33-34-35-36-37-38-39-40-41-43-44-46-49-52-55-58-61-64-70(73)76-67-68(66-75-69(72)63-60-57-54-51-48-24-21-18-15-12-9-6-3)77-71(74)65-62-59-56-53-50-47-45-42-30-28-26-23-20-17-14-11-8-5-2/h18,21,29,31,68H,4-17,19-20,22-28,30,32-67H2,1-3H3/b21-18-,31-29-. The molecule has 1 unspecified atom stereocenters. The molecule has 0 bridgehead atoms. The zero-order valence-electron chi connectivity index (χ0n) is 52.3. The number of esters is 3. The summed E-state index contributed by atoms with van der Waals surface area (Å²) in [7, 11) is 0. The molecule has 0 heterocycles. The summed E-state index contributed by atoms with van der Waals surface area (Å²) in [5.74, 6) is -0.847. The Morgan fingerprint density at radius 3 is 0.675 bits per heavy atom. The van der Waals surface area contributed by atoms with Crippen LogP contribution in [0.3, 0.4) is 0 Å². The van der Waals surface area contributed by atoms with Gasteiger partial charge in [-0.3, -0.25) is 14.4 Å². The third-order valence-electron chi connectivity index (χ3n) is 15.9. The predicted octanol–water partition coefficient (Wildman–Crippen LogP) is 23.8. The Bertz CT molecular complexity index is 1240. The number of carbonyl (C=O) groups is 3. The smallest absolute Gasteiger partial charge is 0.306 e. The average molecular weight is 1080 g/mol. The number of rotatable bonds is 65. The highest BCUT2D eigenvalue weighted by Crippen LogP contribution is 2.18. The third-order valence-corrected chi connectivity index (χ3v) is 15.9. The largest absolute Gasteiger partial charge is 0.462 e. The van der Waals surface area contributed by atoms with Crippen LogP contribution in [0, 0.1) is 0 Å². The first-order chi connectivity index (χ1) is 38.0. The van der Waals surface area contributed by atoms with Crippen LogP contribution in [0.4, 0.5) is 0 Å². The summed E-state index contributed by atoms with van der Waals surface area (Å²) >= 11 is 0. The first kappa shape index (κ1) is 74.9. The maximum absolute atomic E-state index is 12.9. The molecule has 0 fully saturated rings. The Balaban J connectivity index is 4.14. The number of unbranched alkanes of at least 4 members (excludes halogenated alkanes) is 50. The van der Waals surface area contributed by atoms with E-state index in [-0.39, 0.29) is 31.1 Å². The molecule has 1 atom stereocenters. The molecular formula is C71H134O6. The molecule has 0 aromatic carbocycles. The fraction of sp³-hybridized carbons (Fsp3) is 0.901. The minimum absolute atomic E-state index is 0.0677. The highest BCUT2D eigenvalue weighted by Gasteiger charge is 2.19. The number of carbonyl (C=O) groups excluding carboxylic acids is 3. The minimum Gasteiger partial charge on any atom is -0.462 e. The topological polar surface area (TPSA) is 78.9 Å². The maximum atomic E-state index is 12.9. The van der Waals surface area contributed by atoms with Crippen LogP contribution in [-0.2, 0) is 28.6 Å². The SMILES string of the molecule is CCCCC/C=C\CCCCCCCC(=O)OCC(COC(=O)CCCCCCCCCCCCCCCCCCC/C=C\CCCCCCCCCC)OC(=O)CCCCCCCCCCCCCCCCCCCC. The van der Waals surface area contributed by atoms with Gasteiger partial charge in [-0.15, -0.1) is 0 Å². The Labute approximate surface area is 481 Å². The second-order valence-electron chi connectivity index (χ2n) is 23.8. The zero-order valence-corrected chi connectivity index (χ0v) is 52.3. The van der Waals surface area contributed by atoms with Crippen molar-refractivity contribution in [3.63, 3.8) is 0 Å². The van der Waals surface area contributed by atoms with Crippen molar-refractivity contribution in [3.8, 4) is 0 Å². The highest BCUT2D eigenvalue weighted by molar-refractivity contribution is 5.71.